The second-order valence-electron chi connectivity index (χ2n) is 3.31. The zero-order valence-electron chi connectivity index (χ0n) is 9.26. The molecule has 0 radical (unpaired) electrons. The lowest BCUT2D eigenvalue weighted by Gasteiger charge is -2.05. The van der Waals surface area contributed by atoms with Crippen molar-refractivity contribution < 1.29 is 14.3 Å². The average Bonchev–Trinajstić information content (AvgIpc) is 2.16. The molecule has 0 spiro atoms. The van der Waals surface area contributed by atoms with Gasteiger partial charge in [0.15, 0.2) is 0 Å². The van der Waals surface area contributed by atoms with Crippen molar-refractivity contribution in [3.8, 4) is 0 Å². The molecule has 1 N–H and O–H groups in total. The van der Waals surface area contributed by atoms with Gasteiger partial charge in [-0.1, -0.05) is 13.2 Å². The van der Waals surface area contributed by atoms with Crippen molar-refractivity contribution in [2.24, 2.45) is 0 Å². The van der Waals surface area contributed by atoms with Crippen molar-refractivity contribution in [1.82, 2.24) is 5.32 Å². The minimum absolute atomic E-state index is 0.179. The molecule has 0 aromatic carbocycles. The molecule has 0 aliphatic rings. The minimum atomic E-state index is -0.402. The van der Waals surface area contributed by atoms with E-state index >= 15 is 0 Å². The number of ether oxygens (including phenoxy) is 1. The molecule has 0 heterocycles. The summed E-state index contributed by atoms with van der Waals surface area (Å²) in [4.78, 5) is 21.9. The molecule has 0 rings (SSSR count). The van der Waals surface area contributed by atoms with Crippen LogP contribution in [0.15, 0.2) is 24.3 Å². The number of amides is 1. The Morgan fingerprint density at radius 2 is 1.80 bits per heavy atom. The van der Waals surface area contributed by atoms with Crippen LogP contribution < -0.4 is 5.32 Å². The Hall–Kier alpha value is -1.58. The van der Waals surface area contributed by atoms with Gasteiger partial charge >= 0.3 is 5.97 Å². The van der Waals surface area contributed by atoms with Gasteiger partial charge in [0.05, 0.1) is 6.61 Å². The van der Waals surface area contributed by atoms with Gasteiger partial charge in [-0.2, -0.15) is 0 Å². The fourth-order valence-corrected chi connectivity index (χ4v) is 0.713. The zero-order chi connectivity index (χ0) is 11.8. The van der Waals surface area contributed by atoms with E-state index < -0.39 is 5.97 Å². The summed E-state index contributed by atoms with van der Waals surface area (Å²) in [5.74, 6) is -0.581. The summed E-state index contributed by atoms with van der Waals surface area (Å²) < 4.78 is 4.83. The standard InChI is InChI=1S/C11H17NO3/c1-8(2)10(13)12-6-5-7-15-11(14)9(3)4/h1,3,5-7H2,2,4H3,(H,12,13). The Balaban J connectivity index is 3.48. The Morgan fingerprint density at radius 3 is 2.27 bits per heavy atom. The highest BCUT2D eigenvalue weighted by Gasteiger charge is 2.03. The van der Waals surface area contributed by atoms with Gasteiger partial charge in [-0.3, -0.25) is 4.79 Å². The van der Waals surface area contributed by atoms with Crippen LogP contribution in [-0.2, 0) is 14.3 Å². The van der Waals surface area contributed by atoms with Gasteiger partial charge in [-0.25, -0.2) is 4.79 Å². The number of hydrogen-bond acceptors (Lipinski definition) is 3. The van der Waals surface area contributed by atoms with E-state index in [0.29, 0.717) is 24.1 Å². The van der Waals surface area contributed by atoms with Crippen molar-refractivity contribution in [3.05, 3.63) is 24.3 Å². The van der Waals surface area contributed by atoms with E-state index in [2.05, 4.69) is 18.5 Å². The summed E-state index contributed by atoms with van der Waals surface area (Å²) in [6.07, 6.45) is 0.581. The molecule has 0 aromatic rings. The lowest BCUT2D eigenvalue weighted by atomic mass is 10.3. The van der Waals surface area contributed by atoms with Gasteiger partial charge in [0.25, 0.3) is 0 Å². The lowest BCUT2D eigenvalue weighted by molar-refractivity contribution is -0.138. The summed E-state index contributed by atoms with van der Waals surface area (Å²) in [6, 6.07) is 0. The second-order valence-corrected chi connectivity index (χ2v) is 3.31. The number of carbonyl (C=O) groups excluding carboxylic acids is 2. The topological polar surface area (TPSA) is 55.4 Å². The summed E-state index contributed by atoms with van der Waals surface area (Å²) >= 11 is 0. The fraction of sp³-hybridized carbons (Fsp3) is 0.455. The van der Waals surface area contributed by atoms with E-state index in [4.69, 9.17) is 4.74 Å². The van der Waals surface area contributed by atoms with Gasteiger partial charge in [-0.05, 0) is 20.3 Å². The maximum atomic E-state index is 11.0. The Bertz CT molecular complexity index is 254. The zero-order valence-corrected chi connectivity index (χ0v) is 9.26. The second kappa shape index (κ2) is 6.81. The van der Waals surface area contributed by atoms with Gasteiger partial charge in [0.1, 0.15) is 0 Å². The smallest absolute Gasteiger partial charge is 0.333 e. The van der Waals surface area contributed by atoms with E-state index in [-0.39, 0.29) is 12.5 Å². The molecular formula is C11H17NO3. The first-order chi connectivity index (χ1) is 6.95. The van der Waals surface area contributed by atoms with E-state index in [1.807, 2.05) is 0 Å². The van der Waals surface area contributed by atoms with Crippen molar-refractivity contribution in [1.29, 1.82) is 0 Å². The third-order valence-electron chi connectivity index (χ3n) is 1.58. The Labute approximate surface area is 90.0 Å². The third-order valence-corrected chi connectivity index (χ3v) is 1.58. The molecule has 0 aromatic heterocycles. The molecule has 0 unspecified atom stereocenters. The molecule has 84 valence electrons. The van der Waals surface area contributed by atoms with Gasteiger partial charge in [-0.15, -0.1) is 0 Å². The quantitative estimate of drug-likeness (QED) is 0.408. The van der Waals surface area contributed by atoms with E-state index in [1.54, 1.807) is 13.8 Å². The maximum Gasteiger partial charge on any atom is 0.333 e. The molecule has 0 saturated carbocycles. The fourth-order valence-electron chi connectivity index (χ4n) is 0.713. The molecule has 1 amide bonds. The summed E-state index contributed by atoms with van der Waals surface area (Å²) in [7, 11) is 0. The highest BCUT2D eigenvalue weighted by Crippen LogP contribution is 1.93. The van der Waals surface area contributed by atoms with Crippen LogP contribution in [0.25, 0.3) is 0 Å². The number of esters is 1. The van der Waals surface area contributed by atoms with E-state index in [1.165, 1.54) is 0 Å². The normalized spacial score (nSPS) is 9.20. The molecule has 0 bridgehead atoms. The van der Waals surface area contributed by atoms with Crippen LogP contribution in [0.3, 0.4) is 0 Å². The van der Waals surface area contributed by atoms with E-state index in [0.717, 1.165) is 0 Å². The number of carbonyl (C=O) groups is 2. The molecular weight excluding hydrogens is 194 g/mol. The predicted molar refractivity (Wildman–Crippen MR) is 58.2 cm³/mol. The lowest BCUT2D eigenvalue weighted by Crippen LogP contribution is -2.25. The molecule has 4 heteroatoms. The van der Waals surface area contributed by atoms with Crippen LogP contribution in [-0.4, -0.2) is 25.0 Å². The number of nitrogens with one attached hydrogen (secondary N) is 1. The molecule has 0 fully saturated rings. The molecule has 0 aliphatic carbocycles. The van der Waals surface area contributed by atoms with Crippen LogP contribution in [0, 0.1) is 0 Å². The van der Waals surface area contributed by atoms with Crippen LogP contribution in [0.1, 0.15) is 20.3 Å². The number of rotatable bonds is 6. The summed E-state index contributed by atoms with van der Waals surface area (Å²) in [6.45, 7) is 10.9. The van der Waals surface area contributed by atoms with Crippen molar-refractivity contribution >= 4 is 11.9 Å². The molecule has 4 nitrogen and oxygen atoms in total. The van der Waals surface area contributed by atoms with Gasteiger partial charge in [0.2, 0.25) is 5.91 Å². The van der Waals surface area contributed by atoms with Gasteiger partial charge < -0.3 is 10.1 Å². The SMILES string of the molecule is C=C(C)C(=O)NCCCOC(=O)C(=C)C. The van der Waals surface area contributed by atoms with Crippen LogP contribution in [0.5, 0.6) is 0 Å². The maximum absolute atomic E-state index is 11.0. The molecule has 15 heavy (non-hydrogen) atoms. The highest BCUT2D eigenvalue weighted by molar-refractivity contribution is 5.92. The summed E-state index contributed by atoms with van der Waals surface area (Å²) in [5, 5.41) is 2.63. The van der Waals surface area contributed by atoms with Crippen molar-refractivity contribution in [3.63, 3.8) is 0 Å². The predicted octanol–water partition coefficient (Wildman–Crippen LogP) is 1.19. The number of hydrogen-bond donors (Lipinski definition) is 1. The van der Waals surface area contributed by atoms with Crippen LogP contribution >= 0.6 is 0 Å². The van der Waals surface area contributed by atoms with Crippen molar-refractivity contribution in [2.45, 2.75) is 20.3 Å². The first-order valence-corrected chi connectivity index (χ1v) is 4.71. The molecule has 0 atom stereocenters. The van der Waals surface area contributed by atoms with Crippen LogP contribution in [0.4, 0.5) is 0 Å². The van der Waals surface area contributed by atoms with Crippen molar-refractivity contribution in [2.75, 3.05) is 13.2 Å². The first kappa shape index (κ1) is 13.4. The summed E-state index contributed by atoms with van der Waals surface area (Å²) in [5.41, 5.74) is 0.843. The molecule has 0 saturated heterocycles. The Kier molecular flexibility index (Phi) is 6.09. The third kappa shape index (κ3) is 6.49. The molecule has 0 aliphatic heterocycles. The van der Waals surface area contributed by atoms with E-state index in [9.17, 15) is 9.59 Å². The largest absolute Gasteiger partial charge is 0.462 e. The Morgan fingerprint density at radius 1 is 1.20 bits per heavy atom. The minimum Gasteiger partial charge on any atom is -0.462 e. The van der Waals surface area contributed by atoms with Gasteiger partial charge in [0, 0.05) is 17.7 Å². The monoisotopic (exact) mass is 211 g/mol. The first-order valence-electron chi connectivity index (χ1n) is 4.71. The average molecular weight is 211 g/mol. The highest BCUT2D eigenvalue weighted by atomic mass is 16.5. The van der Waals surface area contributed by atoms with Crippen LogP contribution in [0.2, 0.25) is 0 Å².